The lowest BCUT2D eigenvalue weighted by Crippen LogP contribution is -2.50. The maximum Gasteiger partial charge on any atom is 0.410 e. The summed E-state index contributed by atoms with van der Waals surface area (Å²) in [6.45, 7) is 7.14. The highest BCUT2D eigenvalue weighted by Gasteiger charge is 2.33. The maximum absolute atomic E-state index is 11.7. The highest BCUT2D eigenvalue weighted by molar-refractivity contribution is 5.68. The number of amides is 1. The minimum absolute atomic E-state index is 0.0618. The Kier molecular flexibility index (Phi) is 3.97. The number of ether oxygens (including phenoxy) is 2. The van der Waals surface area contributed by atoms with Crippen molar-refractivity contribution < 1.29 is 14.3 Å². The van der Waals surface area contributed by atoms with Gasteiger partial charge in [0.1, 0.15) is 0 Å². The second-order valence-corrected chi connectivity index (χ2v) is 4.61. The van der Waals surface area contributed by atoms with Crippen molar-refractivity contribution in [2.75, 3.05) is 20.2 Å². The number of piperidine rings is 1. The van der Waals surface area contributed by atoms with Gasteiger partial charge in [-0.05, 0) is 33.6 Å². The first kappa shape index (κ1) is 12.3. The van der Waals surface area contributed by atoms with Crippen LogP contribution < -0.4 is 0 Å². The molecule has 15 heavy (non-hydrogen) atoms. The highest BCUT2D eigenvalue weighted by atomic mass is 16.6. The van der Waals surface area contributed by atoms with E-state index in [0.717, 1.165) is 19.4 Å². The predicted molar refractivity (Wildman–Crippen MR) is 57.8 cm³/mol. The largest absolute Gasteiger partial charge is 0.447 e. The molecule has 1 atom stereocenters. The van der Waals surface area contributed by atoms with Gasteiger partial charge in [0, 0.05) is 13.7 Å². The fraction of sp³-hybridized carbons (Fsp3) is 0.909. The van der Waals surface area contributed by atoms with Gasteiger partial charge < -0.3 is 14.4 Å². The fourth-order valence-corrected chi connectivity index (χ4v) is 1.80. The van der Waals surface area contributed by atoms with E-state index in [4.69, 9.17) is 9.47 Å². The first-order valence-electron chi connectivity index (χ1n) is 5.47. The van der Waals surface area contributed by atoms with Crippen LogP contribution in [0.25, 0.3) is 0 Å². The molecule has 1 heterocycles. The van der Waals surface area contributed by atoms with Crippen molar-refractivity contribution in [3.63, 3.8) is 0 Å². The zero-order valence-corrected chi connectivity index (χ0v) is 10.1. The second-order valence-electron chi connectivity index (χ2n) is 4.61. The number of hydrogen-bond acceptors (Lipinski definition) is 3. The van der Waals surface area contributed by atoms with Crippen LogP contribution in [0, 0.1) is 0 Å². The molecule has 0 aromatic carbocycles. The van der Waals surface area contributed by atoms with Crippen LogP contribution in [0.1, 0.15) is 33.6 Å². The molecule has 0 aromatic rings. The summed E-state index contributed by atoms with van der Waals surface area (Å²) in [4.78, 5) is 13.4. The smallest absolute Gasteiger partial charge is 0.410 e. The van der Waals surface area contributed by atoms with E-state index in [0.29, 0.717) is 6.54 Å². The molecule has 4 nitrogen and oxygen atoms in total. The van der Waals surface area contributed by atoms with Crippen LogP contribution in [0.4, 0.5) is 4.79 Å². The molecule has 0 bridgehead atoms. The maximum atomic E-state index is 11.7. The monoisotopic (exact) mass is 215 g/mol. The molecule has 0 radical (unpaired) electrons. The van der Waals surface area contributed by atoms with Gasteiger partial charge in [0.15, 0.2) is 0 Å². The molecule has 1 rings (SSSR count). The molecule has 1 amide bonds. The van der Waals surface area contributed by atoms with E-state index in [1.165, 1.54) is 0 Å². The first-order chi connectivity index (χ1) is 6.97. The molecule has 0 aromatic heterocycles. The summed E-state index contributed by atoms with van der Waals surface area (Å²) in [5, 5.41) is 0. The Hall–Kier alpha value is -0.770. The van der Waals surface area contributed by atoms with Crippen LogP contribution in [0.5, 0.6) is 0 Å². The highest BCUT2D eigenvalue weighted by Crippen LogP contribution is 2.24. The average Bonchev–Trinajstić information content (AvgIpc) is 2.17. The molecule has 4 heteroatoms. The van der Waals surface area contributed by atoms with E-state index in [9.17, 15) is 4.79 Å². The zero-order valence-electron chi connectivity index (χ0n) is 10.1. The molecule has 0 aliphatic carbocycles. The number of carbonyl (C=O) groups is 1. The van der Waals surface area contributed by atoms with Crippen molar-refractivity contribution in [3.05, 3.63) is 0 Å². The second kappa shape index (κ2) is 4.84. The van der Waals surface area contributed by atoms with Gasteiger partial charge in [-0.2, -0.15) is 0 Å². The topological polar surface area (TPSA) is 38.8 Å². The lowest BCUT2D eigenvalue weighted by atomic mass is 9.95. The summed E-state index contributed by atoms with van der Waals surface area (Å²) >= 11 is 0. The Bertz CT molecular complexity index is 230. The number of rotatable bonds is 2. The van der Waals surface area contributed by atoms with Crippen LogP contribution in [0.15, 0.2) is 0 Å². The third-order valence-corrected chi connectivity index (χ3v) is 2.75. The number of likely N-dealkylation sites (tertiary alicyclic amines) is 1. The minimum atomic E-state index is -0.229. The molecule has 0 spiro atoms. The summed E-state index contributed by atoms with van der Waals surface area (Å²) in [5.74, 6) is 0. The summed E-state index contributed by atoms with van der Waals surface area (Å²) in [5.41, 5.74) is -0.214. The first-order valence-corrected chi connectivity index (χ1v) is 5.47. The van der Waals surface area contributed by atoms with Crippen LogP contribution in [0.3, 0.4) is 0 Å². The summed E-state index contributed by atoms with van der Waals surface area (Å²) in [6.07, 6.45) is 1.67. The Morgan fingerprint density at radius 1 is 1.47 bits per heavy atom. The Morgan fingerprint density at radius 3 is 2.67 bits per heavy atom. The molecule has 1 saturated heterocycles. The lowest BCUT2D eigenvalue weighted by Gasteiger charge is -2.39. The van der Waals surface area contributed by atoms with E-state index in [1.807, 2.05) is 20.8 Å². The third kappa shape index (κ3) is 3.38. The van der Waals surface area contributed by atoms with Crippen LogP contribution >= 0.6 is 0 Å². The molecular weight excluding hydrogens is 194 g/mol. The van der Waals surface area contributed by atoms with E-state index >= 15 is 0 Å². The third-order valence-electron chi connectivity index (χ3n) is 2.75. The Morgan fingerprint density at radius 2 is 2.13 bits per heavy atom. The summed E-state index contributed by atoms with van der Waals surface area (Å²) in [6, 6.07) is 0. The number of carbonyl (C=O) groups excluding carboxylic acids is 1. The lowest BCUT2D eigenvalue weighted by molar-refractivity contribution is -0.0505. The van der Waals surface area contributed by atoms with Crippen molar-refractivity contribution in [2.24, 2.45) is 0 Å². The van der Waals surface area contributed by atoms with Crippen molar-refractivity contribution >= 4 is 6.09 Å². The molecule has 88 valence electrons. The van der Waals surface area contributed by atoms with E-state index in [2.05, 4.69) is 0 Å². The average molecular weight is 215 g/mol. The van der Waals surface area contributed by atoms with Crippen molar-refractivity contribution in [2.45, 2.75) is 45.3 Å². The van der Waals surface area contributed by atoms with Gasteiger partial charge in [-0.25, -0.2) is 4.79 Å². The van der Waals surface area contributed by atoms with Crippen LogP contribution in [-0.2, 0) is 9.47 Å². The quantitative estimate of drug-likeness (QED) is 0.707. The molecule has 1 aliphatic rings. The number of hydrogen-bond donors (Lipinski definition) is 0. The van der Waals surface area contributed by atoms with Gasteiger partial charge in [0.25, 0.3) is 0 Å². The minimum Gasteiger partial charge on any atom is -0.447 e. The van der Waals surface area contributed by atoms with E-state index in [1.54, 1.807) is 12.0 Å². The normalized spacial score (nSPS) is 26.9. The molecule has 1 aliphatic heterocycles. The molecule has 0 saturated carbocycles. The van der Waals surface area contributed by atoms with Gasteiger partial charge in [0.05, 0.1) is 18.2 Å². The zero-order chi connectivity index (χ0) is 11.5. The van der Waals surface area contributed by atoms with Gasteiger partial charge >= 0.3 is 6.09 Å². The van der Waals surface area contributed by atoms with Gasteiger partial charge in [0.2, 0.25) is 0 Å². The Labute approximate surface area is 91.5 Å². The number of nitrogens with zero attached hydrogens (tertiary/aromatic N) is 1. The fourth-order valence-electron chi connectivity index (χ4n) is 1.80. The van der Waals surface area contributed by atoms with E-state index in [-0.39, 0.29) is 17.8 Å². The molecule has 1 unspecified atom stereocenters. The van der Waals surface area contributed by atoms with Gasteiger partial charge in [-0.15, -0.1) is 0 Å². The van der Waals surface area contributed by atoms with Crippen molar-refractivity contribution in [1.29, 1.82) is 0 Å². The standard InChI is InChI=1S/C11H21NO3/c1-9(2)15-10(13)12-7-5-6-11(3,8-12)14-4/h9H,5-8H2,1-4H3. The SMILES string of the molecule is COC1(C)CCCN(C(=O)OC(C)C)C1. The van der Waals surface area contributed by atoms with E-state index < -0.39 is 0 Å². The Balaban J connectivity index is 2.52. The van der Waals surface area contributed by atoms with Gasteiger partial charge in [-0.1, -0.05) is 0 Å². The molecular formula is C11H21NO3. The van der Waals surface area contributed by atoms with Crippen molar-refractivity contribution in [3.8, 4) is 0 Å². The summed E-state index contributed by atoms with van der Waals surface area (Å²) in [7, 11) is 1.69. The molecule has 0 N–H and O–H groups in total. The van der Waals surface area contributed by atoms with Crippen LogP contribution in [0.2, 0.25) is 0 Å². The number of methoxy groups -OCH3 is 1. The van der Waals surface area contributed by atoms with Crippen molar-refractivity contribution in [1.82, 2.24) is 4.90 Å². The molecule has 1 fully saturated rings. The van der Waals surface area contributed by atoms with Gasteiger partial charge in [-0.3, -0.25) is 0 Å². The predicted octanol–water partition coefficient (Wildman–Crippen LogP) is 2.03. The summed E-state index contributed by atoms with van der Waals surface area (Å²) < 4.78 is 10.6. The van der Waals surface area contributed by atoms with Crippen LogP contribution in [-0.4, -0.2) is 42.9 Å².